The number of carbonyl (C=O) groups excluding carboxylic acids is 2. The van der Waals surface area contributed by atoms with Crippen molar-refractivity contribution in [3.8, 4) is 0 Å². The molecule has 10 heteroatoms. The van der Waals surface area contributed by atoms with Gasteiger partial charge in [-0.3, -0.25) is 14.1 Å². The molecule has 1 rings (SSSR count). The van der Waals surface area contributed by atoms with E-state index in [9.17, 15) is 14.2 Å². The zero-order valence-corrected chi connectivity index (χ0v) is 33.7. The number of esters is 2. The highest BCUT2D eigenvalue weighted by atomic mass is 31.2. The van der Waals surface area contributed by atoms with Crippen LogP contribution in [0.1, 0.15) is 155 Å². The van der Waals surface area contributed by atoms with Gasteiger partial charge in [0.2, 0.25) is 0 Å². The van der Waals surface area contributed by atoms with Crippen LogP contribution in [0.15, 0.2) is 72.9 Å². The highest BCUT2D eigenvalue weighted by Gasteiger charge is 2.36. The molecule has 2 unspecified atom stereocenters. The Labute approximate surface area is 321 Å². The topological polar surface area (TPSA) is 132 Å². The fourth-order valence-corrected chi connectivity index (χ4v) is 5.88. The smallest absolute Gasteiger partial charge is 0.462 e. The summed E-state index contributed by atoms with van der Waals surface area (Å²) in [6.45, 7) is 3.48. The zero-order chi connectivity index (χ0) is 38.7. The monoisotopic (exact) mass is 762 g/mol. The van der Waals surface area contributed by atoms with Crippen LogP contribution in [0.3, 0.4) is 0 Å². The van der Waals surface area contributed by atoms with Crippen molar-refractivity contribution < 1.29 is 42.7 Å². The summed E-state index contributed by atoms with van der Waals surface area (Å²) < 4.78 is 32.1. The number of rotatable bonds is 35. The van der Waals surface area contributed by atoms with Crippen molar-refractivity contribution in [2.45, 2.75) is 173 Å². The largest absolute Gasteiger partial charge is 0.469 e. The summed E-state index contributed by atoms with van der Waals surface area (Å²) in [6, 6.07) is 0. The molecule has 0 saturated carbocycles. The molecule has 302 valence electrons. The Hall–Kier alpha value is -2.55. The van der Waals surface area contributed by atoms with Crippen LogP contribution < -0.4 is 0 Å². The van der Waals surface area contributed by atoms with Crippen LogP contribution in [0.2, 0.25) is 0 Å². The van der Waals surface area contributed by atoms with Crippen molar-refractivity contribution in [1.82, 2.24) is 0 Å². The van der Waals surface area contributed by atoms with Gasteiger partial charge in [0.25, 0.3) is 0 Å². The van der Waals surface area contributed by atoms with Crippen LogP contribution in [0.4, 0.5) is 0 Å². The van der Waals surface area contributed by atoms with Crippen LogP contribution in [-0.4, -0.2) is 53.3 Å². The lowest BCUT2D eigenvalue weighted by molar-refractivity contribution is -0.161. The van der Waals surface area contributed by atoms with E-state index in [0.29, 0.717) is 25.0 Å². The highest BCUT2D eigenvalue weighted by Crippen LogP contribution is 2.36. The minimum atomic E-state index is -4.77. The second-order valence-corrected chi connectivity index (χ2v) is 14.9. The van der Waals surface area contributed by atoms with Crippen LogP contribution in [0.5, 0.6) is 0 Å². The van der Waals surface area contributed by atoms with Gasteiger partial charge >= 0.3 is 19.8 Å². The van der Waals surface area contributed by atoms with Crippen molar-refractivity contribution >= 4 is 19.8 Å². The van der Waals surface area contributed by atoms with Crippen LogP contribution >= 0.6 is 7.82 Å². The van der Waals surface area contributed by atoms with E-state index in [4.69, 9.17) is 24.0 Å². The maximum atomic E-state index is 12.4. The van der Waals surface area contributed by atoms with Gasteiger partial charge in [0.05, 0.1) is 18.8 Å². The molecule has 0 aromatic rings. The van der Waals surface area contributed by atoms with E-state index < -0.39 is 32.5 Å². The van der Waals surface area contributed by atoms with Crippen LogP contribution in [0.25, 0.3) is 0 Å². The highest BCUT2D eigenvalue weighted by molar-refractivity contribution is 7.46. The molecule has 0 aliphatic carbocycles. The third-order valence-corrected chi connectivity index (χ3v) is 9.12. The molecule has 1 heterocycles. The summed E-state index contributed by atoms with van der Waals surface area (Å²) in [5.41, 5.74) is 0. The van der Waals surface area contributed by atoms with Gasteiger partial charge in [0.1, 0.15) is 6.61 Å². The van der Waals surface area contributed by atoms with E-state index in [1.807, 2.05) is 0 Å². The number of ether oxygens (including phenoxy) is 3. The van der Waals surface area contributed by atoms with Gasteiger partial charge in [0, 0.05) is 12.8 Å². The Morgan fingerprint density at radius 2 is 1.15 bits per heavy atom. The van der Waals surface area contributed by atoms with Gasteiger partial charge in [-0.25, -0.2) is 4.57 Å². The molecule has 9 nitrogen and oxygen atoms in total. The molecule has 53 heavy (non-hydrogen) atoms. The second-order valence-electron chi connectivity index (χ2n) is 13.6. The number of unbranched alkanes of at least 4 members (excludes halogenated alkanes) is 10. The Morgan fingerprint density at radius 3 is 1.75 bits per heavy atom. The molecular formula is C43H71O9P. The first-order valence-electron chi connectivity index (χ1n) is 20.4. The number of epoxide rings is 1. The van der Waals surface area contributed by atoms with Crippen molar-refractivity contribution in [1.29, 1.82) is 0 Å². The van der Waals surface area contributed by atoms with Gasteiger partial charge in [-0.1, -0.05) is 132 Å². The van der Waals surface area contributed by atoms with Crippen molar-refractivity contribution in [3.63, 3.8) is 0 Å². The molecule has 0 aromatic heterocycles. The Kier molecular flexibility index (Phi) is 31.1. The molecule has 3 atom stereocenters. The van der Waals surface area contributed by atoms with Crippen molar-refractivity contribution in [2.24, 2.45) is 0 Å². The summed E-state index contributed by atoms with van der Waals surface area (Å²) in [7, 11) is -4.77. The van der Waals surface area contributed by atoms with E-state index in [-0.39, 0.29) is 19.4 Å². The molecule has 0 spiro atoms. The lowest BCUT2D eigenvalue weighted by atomic mass is 10.1. The van der Waals surface area contributed by atoms with Gasteiger partial charge in [-0.05, 0) is 83.5 Å². The molecular weight excluding hydrogens is 691 g/mol. The number of phosphoric ester groups is 1. The van der Waals surface area contributed by atoms with E-state index in [1.165, 1.54) is 25.7 Å². The standard InChI is InChI=1S/C43H71O9P/c1-3-5-7-8-9-10-11-12-13-14-15-16-17-18-19-20-24-27-31-35-42(44)49-37-39(38-50-53(46,47)48)51-43(45)36-32-28-25-22-21-23-26-30-34-41-40(52-41)33-29-6-4-2/h5,7,9-10,12-13,15-16,18-19,26,30,39-41H,3-4,6,8,11,14,17,20-25,27-29,31-38H2,1-2H3,(H2,46,47,48)/b7-5-,10-9-,13-12-,16-15-,19-18-,30-26-/t39-,40?,41?/m1/s1. The molecule has 0 radical (unpaired) electrons. The number of carbonyl (C=O) groups is 2. The average Bonchev–Trinajstić information content (AvgIpc) is 3.88. The fraction of sp³-hybridized carbons (Fsp3) is 0.674. The Bertz CT molecular complexity index is 1150. The molecule has 1 fully saturated rings. The number of hydrogen-bond acceptors (Lipinski definition) is 7. The quantitative estimate of drug-likeness (QED) is 0.0213. The van der Waals surface area contributed by atoms with E-state index in [1.54, 1.807) is 0 Å². The predicted octanol–water partition coefficient (Wildman–Crippen LogP) is 11.3. The molecule has 2 N–H and O–H groups in total. The Morgan fingerprint density at radius 1 is 0.623 bits per heavy atom. The second kappa shape index (κ2) is 34.0. The lowest BCUT2D eigenvalue weighted by Gasteiger charge is -2.18. The summed E-state index contributed by atoms with van der Waals surface area (Å²) in [5, 5.41) is 0. The van der Waals surface area contributed by atoms with Crippen molar-refractivity contribution in [3.05, 3.63) is 72.9 Å². The molecule has 0 amide bonds. The van der Waals surface area contributed by atoms with Crippen molar-refractivity contribution in [2.75, 3.05) is 13.2 Å². The molecule has 1 aliphatic rings. The third-order valence-electron chi connectivity index (χ3n) is 8.63. The van der Waals surface area contributed by atoms with Gasteiger partial charge in [0.15, 0.2) is 6.10 Å². The maximum Gasteiger partial charge on any atom is 0.469 e. The number of hydrogen-bond donors (Lipinski definition) is 2. The fourth-order valence-electron chi connectivity index (χ4n) is 5.52. The molecule has 0 bridgehead atoms. The summed E-state index contributed by atoms with van der Waals surface area (Å²) in [6.07, 6.45) is 46.5. The summed E-state index contributed by atoms with van der Waals surface area (Å²) >= 11 is 0. The predicted molar refractivity (Wildman–Crippen MR) is 215 cm³/mol. The number of phosphoric acid groups is 1. The van der Waals surface area contributed by atoms with E-state index in [0.717, 1.165) is 89.9 Å². The zero-order valence-electron chi connectivity index (χ0n) is 32.8. The normalized spacial score (nSPS) is 17.1. The summed E-state index contributed by atoms with van der Waals surface area (Å²) in [5.74, 6) is -0.951. The molecule has 1 aliphatic heterocycles. The van der Waals surface area contributed by atoms with E-state index >= 15 is 0 Å². The minimum absolute atomic E-state index is 0.180. The van der Waals surface area contributed by atoms with E-state index in [2.05, 4.69) is 91.3 Å². The summed E-state index contributed by atoms with van der Waals surface area (Å²) in [4.78, 5) is 42.8. The lowest BCUT2D eigenvalue weighted by Crippen LogP contribution is -2.29. The van der Waals surface area contributed by atoms with Crippen LogP contribution in [-0.2, 0) is 32.9 Å². The Balaban J connectivity index is 2.11. The minimum Gasteiger partial charge on any atom is -0.462 e. The first kappa shape index (κ1) is 48.5. The first-order valence-corrected chi connectivity index (χ1v) is 21.9. The molecule has 0 aromatic carbocycles. The average molecular weight is 763 g/mol. The van der Waals surface area contributed by atoms with Crippen LogP contribution in [0, 0.1) is 0 Å². The van der Waals surface area contributed by atoms with Gasteiger partial charge in [-0.15, -0.1) is 0 Å². The molecule has 1 saturated heterocycles. The van der Waals surface area contributed by atoms with Gasteiger partial charge < -0.3 is 24.0 Å². The third kappa shape index (κ3) is 33.7. The number of allylic oxidation sites excluding steroid dienone is 11. The SMILES string of the molecule is CC/C=C\C/C=C\C/C=C\C/C=C\C/C=C\CCCCCC(=O)OC[C@H](COP(=O)(O)O)OC(=O)CCCCCCC/C=C\CC1OC1CCCCC. The van der Waals surface area contributed by atoms with Gasteiger partial charge in [-0.2, -0.15) is 0 Å². The first-order chi connectivity index (χ1) is 25.7. The maximum absolute atomic E-state index is 12.4.